The number of aromatic nitrogens is 1. The van der Waals surface area contributed by atoms with E-state index in [4.69, 9.17) is 4.74 Å². The average Bonchev–Trinajstić information content (AvgIpc) is 2.89. The lowest BCUT2D eigenvalue weighted by atomic mass is 10.1. The van der Waals surface area contributed by atoms with Crippen LogP contribution < -0.4 is 10.1 Å². The minimum atomic E-state index is -0.0274. The Labute approximate surface area is 129 Å². The molecule has 1 aromatic heterocycles. The van der Waals surface area contributed by atoms with Gasteiger partial charge in [-0.25, -0.2) is 0 Å². The first-order valence-electron chi connectivity index (χ1n) is 7.13. The maximum Gasteiger partial charge on any atom is 0.228 e. The molecular weight excluding hydrogens is 276 g/mol. The second-order valence-electron chi connectivity index (χ2n) is 5.27. The van der Waals surface area contributed by atoms with Gasteiger partial charge in [-0.3, -0.25) is 4.79 Å². The van der Waals surface area contributed by atoms with Crippen molar-refractivity contribution in [2.45, 2.75) is 6.42 Å². The normalized spacial score (nSPS) is 10.6. The molecule has 0 fully saturated rings. The van der Waals surface area contributed by atoms with Crippen LogP contribution in [0.1, 0.15) is 5.56 Å². The molecule has 0 spiro atoms. The topological polar surface area (TPSA) is 43.3 Å². The number of ether oxygens (including phenoxy) is 1. The number of hydrogen-bond acceptors (Lipinski definition) is 2. The van der Waals surface area contributed by atoms with Gasteiger partial charge >= 0.3 is 0 Å². The van der Waals surface area contributed by atoms with Gasteiger partial charge in [-0.2, -0.15) is 0 Å². The number of carbonyl (C=O) groups excluding carboxylic acids is 1. The molecule has 1 N–H and O–H groups in total. The molecule has 4 nitrogen and oxygen atoms in total. The molecular formula is C18H18N2O2. The van der Waals surface area contributed by atoms with Crippen LogP contribution in [0, 0.1) is 0 Å². The molecule has 0 unspecified atom stereocenters. The molecule has 4 heteroatoms. The van der Waals surface area contributed by atoms with Gasteiger partial charge in [0.15, 0.2) is 0 Å². The molecule has 112 valence electrons. The van der Waals surface area contributed by atoms with Crippen molar-refractivity contribution in [1.82, 2.24) is 4.57 Å². The first-order chi connectivity index (χ1) is 10.7. The molecule has 1 amide bonds. The Morgan fingerprint density at radius 1 is 1.14 bits per heavy atom. The van der Waals surface area contributed by atoms with E-state index in [1.165, 1.54) is 0 Å². The van der Waals surface area contributed by atoms with Crippen LogP contribution in [0.2, 0.25) is 0 Å². The molecule has 2 aromatic carbocycles. The van der Waals surface area contributed by atoms with Gasteiger partial charge in [0.1, 0.15) is 5.75 Å². The number of anilines is 1. The number of nitrogens with zero attached hydrogens (tertiary/aromatic N) is 1. The summed E-state index contributed by atoms with van der Waals surface area (Å²) in [7, 11) is 3.63. The van der Waals surface area contributed by atoms with Crippen LogP contribution in [0.5, 0.6) is 5.75 Å². The Hall–Kier alpha value is -2.75. The summed E-state index contributed by atoms with van der Waals surface area (Å²) >= 11 is 0. The third-order valence-corrected chi connectivity index (χ3v) is 3.69. The zero-order chi connectivity index (χ0) is 15.5. The van der Waals surface area contributed by atoms with Crippen LogP contribution in [0.25, 0.3) is 10.9 Å². The van der Waals surface area contributed by atoms with Crippen molar-refractivity contribution in [1.29, 1.82) is 0 Å². The predicted molar refractivity (Wildman–Crippen MR) is 88.2 cm³/mol. The highest BCUT2D eigenvalue weighted by Crippen LogP contribution is 2.20. The minimum absolute atomic E-state index is 0.0274. The maximum absolute atomic E-state index is 12.1. The number of aryl methyl sites for hydroxylation is 1. The second-order valence-corrected chi connectivity index (χ2v) is 5.27. The summed E-state index contributed by atoms with van der Waals surface area (Å²) < 4.78 is 7.16. The number of rotatable bonds is 4. The average molecular weight is 294 g/mol. The van der Waals surface area contributed by atoms with Crippen LogP contribution in [-0.2, 0) is 18.3 Å². The Balaban J connectivity index is 1.69. The molecule has 0 aliphatic rings. The van der Waals surface area contributed by atoms with Gasteiger partial charge in [0.05, 0.1) is 13.5 Å². The molecule has 22 heavy (non-hydrogen) atoms. The highest BCUT2D eigenvalue weighted by atomic mass is 16.5. The quantitative estimate of drug-likeness (QED) is 0.801. The van der Waals surface area contributed by atoms with Crippen molar-refractivity contribution in [2.24, 2.45) is 7.05 Å². The van der Waals surface area contributed by atoms with Crippen molar-refractivity contribution in [3.63, 3.8) is 0 Å². The fourth-order valence-corrected chi connectivity index (χ4v) is 2.49. The van der Waals surface area contributed by atoms with Crippen molar-refractivity contribution in [2.75, 3.05) is 12.4 Å². The van der Waals surface area contributed by atoms with Crippen molar-refractivity contribution < 1.29 is 9.53 Å². The molecule has 0 bridgehead atoms. The minimum Gasteiger partial charge on any atom is -0.497 e. The molecule has 0 saturated carbocycles. The molecule has 0 aliphatic heterocycles. The van der Waals surface area contributed by atoms with E-state index in [0.717, 1.165) is 27.9 Å². The van der Waals surface area contributed by atoms with E-state index in [1.807, 2.05) is 61.8 Å². The number of fused-ring (bicyclic) bond motifs is 1. The van der Waals surface area contributed by atoms with Gasteiger partial charge in [0.2, 0.25) is 5.91 Å². The Bertz CT molecular complexity index is 804. The summed E-state index contributed by atoms with van der Waals surface area (Å²) in [5.74, 6) is 0.763. The van der Waals surface area contributed by atoms with Gasteiger partial charge < -0.3 is 14.6 Å². The highest BCUT2D eigenvalue weighted by Gasteiger charge is 2.06. The molecule has 0 saturated heterocycles. The molecule has 3 aromatic rings. The maximum atomic E-state index is 12.1. The Kier molecular flexibility index (Phi) is 3.83. The Morgan fingerprint density at radius 2 is 1.91 bits per heavy atom. The number of amides is 1. The van der Waals surface area contributed by atoms with E-state index in [9.17, 15) is 4.79 Å². The second kappa shape index (κ2) is 5.93. The lowest BCUT2D eigenvalue weighted by molar-refractivity contribution is -0.115. The van der Waals surface area contributed by atoms with Crippen molar-refractivity contribution in [3.05, 3.63) is 60.3 Å². The zero-order valence-corrected chi connectivity index (χ0v) is 12.7. The largest absolute Gasteiger partial charge is 0.497 e. The molecule has 0 radical (unpaired) electrons. The van der Waals surface area contributed by atoms with E-state index in [-0.39, 0.29) is 5.91 Å². The third-order valence-electron chi connectivity index (χ3n) is 3.69. The summed E-state index contributed by atoms with van der Waals surface area (Å²) in [6.07, 6.45) is 2.35. The lowest BCUT2D eigenvalue weighted by Gasteiger charge is -2.07. The van der Waals surface area contributed by atoms with Gasteiger partial charge in [-0.1, -0.05) is 12.1 Å². The molecule has 0 aliphatic carbocycles. The van der Waals surface area contributed by atoms with Crippen LogP contribution in [0.3, 0.4) is 0 Å². The molecule has 3 rings (SSSR count). The molecule has 1 heterocycles. The highest BCUT2D eigenvalue weighted by molar-refractivity contribution is 5.95. The number of hydrogen-bond donors (Lipinski definition) is 1. The van der Waals surface area contributed by atoms with E-state index in [2.05, 4.69) is 9.88 Å². The van der Waals surface area contributed by atoms with E-state index >= 15 is 0 Å². The van der Waals surface area contributed by atoms with Crippen molar-refractivity contribution in [3.8, 4) is 5.75 Å². The Morgan fingerprint density at radius 3 is 2.64 bits per heavy atom. The van der Waals surface area contributed by atoms with Gasteiger partial charge in [-0.05, 0) is 42.0 Å². The third kappa shape index (κ3) is 2.96. The van der Waals surface area contributed by atoms with Crippen LogP contribution in [-0.4, -0.2) is 17.6 Å². The lowest BCUT2D eigenvalue weighted by Crippen LogP contribution is -2.14. The van der Waals surface area contributed by atoms with Crippen LogP contribution in [0.4, 0.5) is 5.69 Å². The van der Waals surface area contributed by atoms with Crippen molar-refractivity contribution >= 4 is 22.5 Å². The van der Waals surface area contributed by atoms with Gasteiger partial charge in [-0.15, -0.1) is 0 Å². The predicted octanol–water partition coefficient (Wildman–Crippen LogP) is 3.37. The van der Waals surface area contributed by atoms with E-state index in [0.29, 0.717) is 6.42 Å². The number of methoxy groups -OCH3 is 1. The molecule has 0 atom stereocenters. The van der Waals surface area contributed by atoms with E-state index < -0.39 is 0 Å². The van der Waals surface area contributed by atoms with Gasteiger partial charge in [0.25, 0.3) is 0 Å². The van der Waals surface area contributed by atoms with E-state index in [1.54, 1.807) is 7.11 Å². The summed E-state index contributed by atoms with van der Waals surface area (Å²) in [5.41, 5.74) is 2.92. The summed E-state index contributed by atoms with van der Waals surface area (Å²) in [6.45, 7) is 0. The van der Waals surface area contributed by atoms with Crippen LogP contribution >= 0.6 is 0 Å². The smallest absolute Gasteiger partial charge is 0.228 e. The number of benzene rings is 2. The zero-order valence-electron chi connectivity index (χ0n) is 12.7. The summed E-state index contributed by atoms with van der Waals surface area (Å²) in [6, 6.07) is 15.5. The number of nitrogens with one attached hydrogen (secondary N) is 1. The van der Waals surface area contributed by atoms with Crippen LogP contribution in [0.15, 0.2) is 54.7 Å². The standard InChI is InChI=1S/C18H18N2O2/c1-20-10-9-14-12-15(5-8-17(14)20)19-18(21)11-13-3-6-16(22-2)7-4-13/h3-10,12H,11H2,1-2H3,(H,19,21). The fourth-order valence-electron chi connectivity index (χ4n) is 2.49. The fraction of sp³-hybridized carbons (Fsp3) is 0.167. The first-order valence-corrected chi connectivity index (χ1v) is 7.13. The SMILES string of the molecule is COc1ccc(CC(=O)Nc2ccc3c(ccn3C)c2)cc1. The first kappa shape index (κ1) is 14.2. The summed E-state index contributed by atoms with van der Waals surface area (Å²) in [4.78, 5) is 12.1. The monoisotopic (exact) mass is 294 g/mol. The summed E-state index contributed by atoms with van der Waals surface area (Å²) in [5, 5.41) is 4.06. The van der Waals surface area contributed by atoms with Gasteiger partial charge in [0, 0.05) is 29.8 Å². The number of carbonyl (C=O) groups is 1.